The van der Waals surface area contributed by atoms with E-state index in [0.717, 1.165) is 24.2 Å². The van der Waals surface area contributed by atoms with Crippen LogP contribution < -0.4 is 0 Å². The van der Waals surface area contributed by atoms with Crippen molar-refractivity contribution >= 4 is 17.5 Å². The first-order valence-corrected chi connectivity index (χ1v) is 5.54. The summed E-state index contributed by atoms with van der Waals surface area (Å²) in [5.41, 5.74) is 0.956. The van der Waals surface area contributed by atoms with Gasteiger partial charge < -0.3 is 4.42 Å². The molecule has 0 bridgehead atoms. The van der Waals surface area contributed by atoms with Crippen molar-refractivity contribution in [3.63, 3.8) is 0 Å². The Morgan fingerprint density at radius 3 is 3.08 bits per heavy atom. The van der Waals surface area contributed by atoms with E-state index in [-0.39, 0.29) is 11.0 Å². The molecule has 1 atom stereocenters. The van der Waals surface area contributed by atoms with Crippen molar-refractivity contribution in [1.82, 2.24) is 0 Å². The Morgan fingerprint density at radius 1 is 1.69 bits per heavy atom. The van der Waals surface area contributed by atoms with Gasteiger partial charge in [-0.1, -0.05) is 0 Å². The van der Waals surface area contributed by atoms with E-state index in [1.807, 2.05) is 13.0 Å². The maximum absolute atomic E-state index is 11.8. The summed E-state index contributed by atoms with van der Waals surface area (Å²) in [4.78, 5) is 11.8. The number of rotatable bonds is 2. The van der Waals surface area contributed by atoms with Crippen molar-refractivity contribution in [2.45, 2.75) is 25.0 Å². The molecule has 0 N–H and O–H groups in total. The summed E-state index contributed by atoms with van der Waals surface area (Å²) in [5, 5.41) is 0.143. The molecule has 1 aromatic heterocycles. The number of thioether (sulfide) groups is 1. The van der Waals surface area contributed by atoms with E-state index < -0.39 is 0 Å². The number of carbonyl (C=O) groups excluding carboxylic acids is 1. The fraction of sp³-hybridized carbons (Fsp3) is 0.500. The lowest BCUT2D eigenvalue weighted by Crippen LogP contribution is -2.14. The van der Waals surface area contributed by atoms with E-state index in [0.29, 0.717) is 5.76 Å². The lowest BCUT2D eigenvalue weighted by molar-refractivity contribution is 0.0961. The Bertz CT molecular complexity index is 310. The van der Waals surface area contributed by atoms with Gasteiger partial charge in [-0.3, -0.25) is 4.79 Å². The molecule has 1 saturated heterocycles. The number of aryl methyl sites for hydroxylation is 1. The SMILES string of the molecule is Cc1ccoc1C(=O)C1CCCS1. The summed E-state index contributed by atoms with van der Waals surface area (Å²) in [5.74, 6) is 1.83. The molecule has 1 unspecified atom stereocenters. The van der Waals surface area contributed by atoms with Crippen molar-refractivity contribution in [1.29, 1.82) is 0 Å². The zero-order valence-electron chi connectivity index (χ0n) is 7.58. The highest BCUT2D eigenvalue weighted by Gasteiger charge is 2.27. The minimum absolute atomic E-state index is 0.143. The molecule has 0 aliphatic carbocycles. The predicted molar refractivity (Wildman–Crippen MR) is 53.3 cm³/mol. The second-order valence-corrected chi connectivity index (χ2v) is 4.61. The van der Waals surface area contributed by atoms with Crippen LogP contribution in [0.3, 0.4) is 0 Å². The molecule has 2 rings (SSSR count). The number of carbonyl (C=O) groups is 1. The third-order valence-corrected chi connectivity index (χ3v) is 3.68. The van der Waals surface area contributed by atoms with Crippen LogP contribution >= 0.6 is 11.8 Å². The monoisotopic (exact) mass is 196 g/mol. The molecule has 1 aromatic rings. The summed E-state index contributed by atoms with van der Waals surface area (Å²) in [6, 6.07) is 1.84. The predicted octanol–water partition coefficient (Wildman–Crippen LogP) is 2.67. The van der Waals surface area contributed by atoms with Crippen LogP contribution in [0.15, 0.2) is 16.7 Å². The van der Waals surface area contributed by atoms with Crippen LogP contribution in [0.25, 0.3) is 0 Å². The van der Waals surface area contributed by atoms with Crippen LogP contribution in [0.2, 0.25) is 0 Å². The quantitative estimate of drug-likeness (QED) is 0.681. The molecule has 0 radical (unpaired) electrons. The molecular weight excluding hydrogens is 184 g/mol. The third kappa shape index (κ3) is 1.66. The molecule has 70 valence electrons. The number of furan rings is 1. The fourth-order valence-electron chi connectivity index (χ4n) is 1.56. The molecule has 0 spiro atoms. The first kappa shape index (κ1) is 8.88. The Kier molecular flexibility index (Phi) is 2.44. The van der Waals surface area contributed by atoms with Crippen molar-refractivity contribution in [2.24, 2.45) is 0 Å². The van der Waals surface area contributed by atoms with E-state index in [9.17, 15) is 4.79 Å². The van der Waals surface area contributed by atoms with Gasteiger partial charge in [0.15, 0.2) is 5.76 Å². The normalized spacial score (nSPS) is 22.1. The van der Waals surface area contributed by atoms with E-state index in [1.165, 1.54) is 0 Å². The highest BCUT2D eigenvalue weighted by atomic mass is 32.2. The fourth-order valence-corrected chi connectivity index (χ4v) is 2.77. The minimum Gasteiger partial charge on any atom is -0.461 e. The second kappa shape index (κ2) is 3.58. The molecule has 0 aromatic carbocycles. The molecular formula is C10H12O2S. The highest BCUT2D eigenvalue weighted by Crippen LogP contribution is 2.29. The maximum Gasteiger partial charge on any atom is 0.211 e. The van der Waals surface area contributed by atoms with Gasteiger partial charge in [0.25, 0.3) is 0 Å². The van der Waals surface area contributed by atoms with Gasteiger partial charge in [0.05, 0.1) is 11.5 Å². The van der Waals surface area contributed by atoms with E-state index in [1.54, 1.807) is 18.0 Å². The van der Waals surface area contributed by atoms with E-state index in [2.05, 4.69) is 0 Å². The average Bonchev–Trinajstić information content (AvgIpc) is 2.72. The minimum atomic E-state index is 0.143. The van der Waals surface area contributed by atoms with Crippen LogP contribution in [-0.4, -0.2) is 16.8 Å². The van der Waals surface area contributed by atoms with Crippen LogP contribution in [0.1, 0.15) is 29.0 Å². The smallest absolute Gasteiger partial charge is 0.211 e. The van der Waals surface area contributed by atoms with Gasteiger partial charge in [-0.2, -0.15) is 11.8 Å². The van der Waals surface area contributed by atoms with Gasteiger partial charge in [0.2, 0.25) is 5.78 Å². The van der Waals surface area contributed by atoms with E-state index >= 15 is 0 Å². The van der Waals surface area contributed by atoms with Gasteiger partial charge in [-0.25, -0.2) is 0 Å². The number of ketones is 1. The van der Waals surface area contributed by atoms with E-state index in [4.69, 9.17) is 4.42 Å². The summed E-state index contributed by atoms with van der Waals surface area (Å²) in [6.07, 6.45) is 3.74. The molecule has 1 fully saturated rings. The first-order chi connectivity index (χ1) is 6.29. The molecule has 3 heteroatoms. The van der Waals surface area contributed by atoms with Crippen molar-refractivity contribution in [2.75, 3.05) is 5.75 Å². The average molecular weight is 196 g/mol. The van der Waals surface area contributed by atoms with Gasteiger partial charge in [-0.05, 0) is 37.1 Å². The molecule has 0 saturated carbocycles. The number of Topliss-reactive ketones (excluding diaryl/α,β-unsaturated/α-hetero) is 1. The van der Waals surface area contributed by atoms with Gasteiger partial charge in [-0.15, -0.1) is 0 Å². The molecule has 2 nitrogen and oxygen atoms in total. The highest BCUT2D eigenvalue weighted by molar-refractivity contribution is 8.00. The lowest BCUT2D eigenvalue weighted by Gasteiger charge is -2.04. The summed E-state index contributed by atoms with van der Waals surface area (Å²) >= 11 is 1.75. The molecule has 13 heavy (non-hydrogen) atoms. The second-order valence-electron chi connectivity index (χ2n) is 3.30. The first-order valence-electron chi connectivity index (χ1n) is 4.49. The van der Waals surface area contributed by atoms with Crippen LogP contribution in [0, 0.1) is 6.92 Å². The lowest BCUT2D eigenvalue weighted by atomic mass is 10.1. The zero-order valence-corrected chi connectivity index (χ0v) is 8.39. The zero-order chi connectivity index (χ0) is 9.26. The van der Waals surface area contributed by atoms with Crippen LogP contribution in [0.4, 0.5) is 0 Å². The summed E-state index contributed by atoms with van der Waals surface area (Å²) in [6.45, 7) is 1.91. The van der Waals surface area contributed by atoms with Crippen molar-refractivity contribution in [3.05, 3.63) is 23.7 Å². The Hall–Kier alpha value is -0.700. The third-order valence-electron chi connectivity index (χ3n) is 2.31. The Balaban J connectivity index is 2.17. The maximum atomic E-state index is 11.8. The Morgan fingerprint density at radius 2 is 2.54 bits per heavy atom. The molecule has 2 heterocycles. The van der Waals surface area contributed by atoms with Crippen LogP contribution in [-0.2, 0) is 0 Å². The topological polar surface area (TPSA) is 30.2 Å². The Labute approximate surface area is 81.7 Å². The number of hydrogen-bond donors (Lipinski definition) is 0. The summed E-state index contributed by atoms with van der Waals surface area (Å²) < 4.78 is 5.18. The van der Waals surface area contributed by atoms with Gasteiger partial charge in [0, 0.05) is 0 Å². The number of hydrogen-bond acceptors (Lipinski definition) is 3. The molecule has 1 aliphatic rings. The van der Waals surface area contributed by atoms with Crippen molar-refractivity contribution in [3.8, 4) is 0 Å². The van der Waals surface area contributed by atoms with Gasteiger partial charge in [0.1, 0.15) is 0 Å². The van der Waals surface area contributed by atoms with Crippen molar-refractivity contribution < 1.29 is 9.21 Å². The molecule has 0 amide bonds. The van der Waals surface area contributed by atoms with Crippen LogP contribution in [0.5, 0.6) is 0 Å². The molecule has 1 aliphatic heterocycles. The standard InChI is InChI=1S/C10H12O2S/c1-7-4-5-12-10(7)9(11)8-3-2-6-13-8/h4-5,8H,2-3,6H2,1H3. The summed E-state index contributed by atoms with van der Waals surface area (Å²) in [7, 11) is 0. The van der Waals surface area contributed by atoms with Gasteiger partial charge >= 0.3 is 0 Å². The largest absolute Gasteiger partial charge is 0.461 e.